The highest BCUT2D eigenvalue weighted by Crippen LogP contribution is 2.53. The van der Waals surface area contributed by atoms with Crippen LogP contribution < -0.4 is 12.5 Å². The molecule has 0 aliphatic carbocycles. The van der Waals surface area contributed by atoms with Gasteiger partial charge in [-0.1, -0.05) is 0 Å². The Morgan fingerprint density at radius 1 is 0.375 bits per heavy atom. The molecule has 0 aromatic heterocycles. The molecule has 0 saturated carbocycles. The maximum Gasteiger partial charge on any atom is 0.461 e. The molecule has 0 N–H and O–H groups in total. The Labute approximate surface area is 248 Å². The molecule has 48 heavy (non-hydrogen) atoms. The molecule has 33 heteroatoms. The van der Waals surface area contributed by atoms with Crippen molar-refractivity contribution in [1.29, 1.82) is 0 Å². The zero-order valence-corrected chi connectivity index (χ0v) is 23.0. The predicted molar refractivity (Wildman–Crippen MR) is 103 cm³/mol. The van der Waals surface area contributed by atoms with Crippen molar-refractivity contribution in [2.45, 2.75) is 52.1 Å². The first-order valence-corrected chi connectivity index (χ1v) is 14.2. The Bertz CT molecular complexity index is 1710. The molecule has 0 radical (unpaired) electrons. The van der Waals surface area contributed by atoms with Crippen LogP contribution in [0.3, 0.4) is 0 Å². The standard InChI is InChI=1S/C15H3F21O9S3/c16-7(17,10(22,23)24)13(31,32)46(37,38)43-4-1-2-5(44-47(39,40)14(33,34)8(18,19)11(25,26)27)6(3-4)45-48(41,42)15(35,36)9(20,21)12(28,29)30/h1-3H. The van der Waals surface area contributed by atoms with Gasteiger partial charge < -0.3 is 12.5 Å². The van der Waals surface area contributed by atoms with Crippen LogP contribution in [-0.4, -0.2) is 77.3 Å². The van der Waals surface area contributed by atoms with Gasteiger partial charge in [-0.2, -0.15) is 117 Å². The van der Waals surface area contributed by atoms with Crippen molar-refractivity contribution in [3.05, 3.63) is 18.2 Å². The van der Waals surface area contributed by atoms with E-state index in [-0.39, 0.29) is 0 Å². The fraction of sp³-hybridized carbons (Fsp3) is 0.600. The van der Waals surface area contributed by atoms with Crippen LogP contribution in [0.15, 0.2) is 18.2 Å². The summed E-state index contributed by atoms with van der Waals surface area (Å²) in [5.41, 5.74) is 0. The van der Waals surface area contributed by atoms with Gasteiger partial charge in [0.2, 0.25) is 0 Å². The number of hydrogen-bond acceptors (Lipinski definition) is 9. The molecule has 9 nitrogen and oxygen atoms in total. The van der Waals surface area contributed by atoms with E-state index in [0.717, 1.165) is 0 Å². The van der Waals surface area contributed by atoms with Crippen molar-refractivity contribution in [3.8, 4) is 17.2 Å². The number of halogens is 21. The van der Waals surface area contributed by atoms with E-state index in [1.165, 1.54) is 0 Å². The third kappa shape index (κ3) is 6.75. The SMILES string of the molecule is O=S(=O)(Oc1ccc(OS(=O)(=O)C(F)(F)C(F)(F)C(F)(F)F)c(OS(=O)(=O)C(F)(F)C(F)(F)C(F)(F)F)c1)C(F)(F)C(F)(F)C(F)(F)F. The van der Waals surface area contributed by atoms with Gasteiger partial charge in [-0.3, -0.25) is 0 Å². The summed E-state index contributed by atoms with van der Waals surface area (Å²) in [6.45, 7) is 0. The lowest BCUT2D eigenvalue weighted by atomic mass is 10.3. The normalized spacial score (nSPS) is 15.7. The number of alkyl halides is 21. The van der Waals surface area contributed by atoms with Gasteiger partial charge in [0.25, 0.3) is 0 Å². The summed E-state index contributed by atoms with van der Waals surface area (Å²) in [6.07, 6.45) is -22.7. The molecule has 1 aromatic rings. The molecule has 0 unspecified atom stereocenters. The Kier molecular flexibility index (Phi) is 10.3. The molecule has 282 valence electrons. The second-order valence-electron chi connectivity index (χ2n) is 7.99. The molecule has 0 amide bonds. The number of hydrogen-bond donors (Lipinski definition) is 0. The van der Waals surface area contributed by atoms with E-state index in [4.69, 9.17) is 0 Å². The summed E-state index contributed by atoms with van der Waals surface area (Å²) in [6, 6.07) is -3.12. The first kappa shape index (κ1) is 43.0. The first-order valence-electron chi connectivity index (χ1n) is 9.93. The number of benzene rings is 1. The van der Waals surface area contributed by atoms with Crippen LogP contribution in [0.2, 0.25) is 0 Å². The minimum Gasteiger partial charge on any atom is -0.378 e. The highest BCUT2D eigenvalue weighted by molar-refractivity contribution is 7.88. The van der Waals surface area contributed by atoms with Gasteiger partial charge in [0.05, 0.1) is 0 Å². The molecule has 0 bridgehead atoms. The zero-order chi connectivity index (χ0) is 39.0. The Hall–Kier alpha value is -3.00. The van der Waals surface area contributed by atoms with E-state index in [1.54, 1.807) is 0 Å². The molecular weight excluding hydrogens is 819 g/mol. The number of rotatable bonds is 12. The highest BCUT2D eigenvalue weighted by Gasteiger charge is 2.82. The zero-order valence-electron chi connectivity index (χ0n) is 20.6. The molecule has 0 spiro atoms. The molecular formula is C15H3F21O9S3. The summed E-state index contributed by atoms with van der Waals surface area (Å²) in [5, 5.41) is -22.9. The van der Waals surface area contributed by atoms with Gasteiger partial charge in [-0.15, -0.1) is 0 Å². The minimum absolute atomic E-state index is 0.799. The molecule has 0 aliphatic rings. The second kappa shape index (κ2) is 11.5. The van der Waals surface area contributed by atoms with E-state index in [9.17, 15) is 117 Å². The Morgan fingerprint density at radius 3 is 0.896 bits per heavy atom. The van der Waals surface area contributed by atoms with Gasteiger partial charge >= 0.3 is 82.4 Å². The van der Waals surface area contributed by atoms with Crippen LogP contribution >= 0.6 is 0 Å². The Morgan fingerprint density at radius 2 is 0.625 bits per heavy atom. The van der Waals surface area contributed by atoms with Crippen LogP contribution in [-0.2, 0) is 30.4 Å². The monoisotopic (exact) mass is 822 g/mol. The molecule has 0 atom stereocenters. The summed E-state index contributed by atoms with van der Waals surface area (Å²) in [4.78, 5) is 0. The van der Waals surface area contributed by atoms with E-state index < -0.39 is 118 Å². The quantitative estimate of drug-likeness (QED) is 0.179. The second-order valence-corrected chi connectivity index (χ2v) is 12.8. The van der Waals surface area contributed by atoms with Crippen molar-refractivity contribution in [1.82, 2.24) is 0 Å². The third-order valence-corrected chi connectivity index (χ3v) is 8.49. The van der Waals surface area contributed by atoms with Crippen LogP contribution in [0.5, 0.6) is 17.2 Å². The topological polar surface area (TPSA) is 130 Å². The third-order valence-electron chi connectivity index (χ3n) is 4.63. The molecule has 1 aromatic carbocycles. The minimum atomic E-state index is -8.27. The lowest BCUT2D eigenvalue weighted by Crippen LogP contribution is -2.57. The van der Waals surface area contributed by atoms with Crippen molar-refractivity contribution in [3.63, 3.8) is 0 Å². The Balaban J connectivity index is 4.04. The molecule has 0 heterocycles. The summed E-state index contributed by atoms with van der Waals surface area (Å²) in [7, 11) is -24.3. The van der Waals surface area contributed by atoms with E-state index in [1.807, 2.05) is 0 Å². The molecule has 0 fully saturated rings. The lowest BCUT2D eigenvalue weighted by Gasteiger charge is -2.28. The molecule has 0 aliphatic heterocycles. The fourth-order valence-electron chi connectivity index (χ4n) is 2.16. The maximum absolute atomic E-state index is 13.8. The van der Waals surface area contributed by atoms with Gasteiger partial charge in [-0.25, -0.2) is 0 Å². The predicted octanol–water partition coefficient (Wildman–Crippen LogP) is 6.18. The van der Waals surface area contributed by atoms with E-state index in [0.29, 0.717) is 0 Å². The molecule has 0 saturated heterocycles. The molecule has 1 rings (SSSR count). The van der Waals surface area contributed by atoms with Crippen LogP contribution in [0.4, 0.5) is 92.2 Å². The van der Waals surface area contributed by atoms with Gasteiger partial charge in [0.15, 0.2) is 11.5 Å². The summed E-state index contributed by atoms with van der Waals surface area (Å²) in [5.74, 6) is -32.0. The van der Waals surface area contributed by atoms with Crippen LogP contribution in [0, 0.1) is 0 Å². The van der Waals surface area contributed by atoms with E-state index >= 15 is 0 Å². The van der Waals surface area contributed by atoms with Crippen LogP contribution in [0.25, 0.3) is 0 Å². The van der Waals surface area contributed by atoms with Crippen molar-refractivity contribution < 1.29 is 130 Å². The largest absolute Gasteiger partial charge is 0.461 e. The summed E-state index contributed by atoms with van der Waals surface area (Å²) < 4.78 is 350. The lowest BCUT2D eigenvalue weighted by molar-refractivity contribution is -0.333. The highest BCUT2D eigenvalue weighted by atomic mass is 32.2. The van der Waals surface area contributed by atoms with Crippen molar-refractivity contribution in [2.24, 2.45) is 0 Å². The maximum atomic E-state index is 13.8. The fourth-order valence-corrected chi connectivity index (χ4v) is 4.86. The van der Waals surface area contributed by atoms with E-state index in [2.05, 4.69) is 12.5 Å². The van der Waals surface area contributed by atoms with Gasteiger partial charge in [-0.05, 0) is 12.1 Å². The smallest absolute Gasteiger partial charge is 0.378 e. The van der Waals surface area contributed by atoms with Crippen molar-refractivity contribution >= 4 is 30.4 Å². The average Bonchev–Trinajstić information content (AvgIpc) is 2.82. The summed E-state index contributed by atoms with van der Waals surface area (Å²) >= 11 is 0. The van der Waals surface area contributed by atoms with Gasteiger partial charge in [0, 0.05) is 6.07 Å². The van der Waals surface area contributed by atoms with Crippen LogP contribution in [0.1, 0.15) is 0 Å². The average molecular weight is 822 g/mol. The van der Waals surface area contributed by atoms with Crippen molar-refractivity contribution in [2.75, 3.05) is 0 Å². The van der Waals surface area contributed by atoms with Gasteiger partial charge in [0.1, 0.15) is 5.75 Å². The first-order chi connectivity index (χ1) is 20.5.